The van der Waals surface area contributed by atoms with E-state index >= 15 is 0 Å². The highest BCUT2D eigenvalue weighted by Crippen LogP contribution is 2.32. The van der Waals surface area contributed by atoms with Crippen LogP contribution >= 0.6 is 11.8 Å². The summed E-state index contributed by atoms with van der Waals surface area (Å²) in [5, 5.41) is 2.98. The van der Waals surface area contributed by atoms with E-state index in [-0.39, 0.29) is 10.7 Å². The maximum Gasteiger partial charge on any atom is 0.244 e. The van der Waals surface area contributed by atoms with E-state index in [0.717, 1.165) is 31.8 Å². The number of hydrogen-bond donors (Lipinski definition) is 1. The van der Waals surface area contributed by atoms with Crippen LogP contribution in [-0.4, -0.2) is 36.7 Å². The van der Waals surface area contributed by atoms with Crippen LogP contribution in [0, 0.1) is 6.92 Å². The van der Waals surface area contributed by atoms with Gasteiger partial charge in [0.1, 0.15) is 11.5 Å². The van der Waals surface area contributed by atoms with Crippen molar-refractivity contribution in [2.45, 2.75) is 24.5 Å². The van der Waals surface area contributed by atoms with Gasteiger partial charge in [0.2, 0.25) is 5.91 Å². The summed E-state index contributed by atoms with van der Waals surface area (Å²) in [5.74, 6) is 1.45. The molecule has 0 aromatic carbocycles. The minimum atomic E-state index is -0.0843. The lowest BCUT2D eigenvalue weighted by Crippen LogP contribution is -2.43. The summed E-state index contributed by atoms with van der Waals surface area (Å²) in [4.78, 5) is 11.8. The Morgan fingerprint density at radius 2 is 2.20 bits per heavy atom. The molecule has 0 saturated carbocycles. The molecule has 5 heteroatoms. The lowest BCUT2D eigenvalue weighted by Gasteiger charge is -2.35. The summed E-state index contributed by atoms with van der Waals surface area (Å²) in [6.45, 7) is 4.11. The van der Waals surface area contributed by atoms with Crippen molar-refractivity contribution in [1.82, 2.24) is 5.32 Å². The summed E-state index contributed by atoms with van der Waals surface area (Å²) in [7, 11) is 0. The largest absolute Gasteiger partial charge is 0.462 e. The van der Waals surface area contributed by atoms with Crippen molar-refractivity contribution < 1.29 is 13.9 Å². The molecule has 0 unspecified atom stereocenters. The molecule has 20 heavy (non-hydrogen) atoms. The second kappa shape index (κ2) is 6.99. The fourth-order valence-corrected chi connectivity index (χ4v) is 3.00. The van der Waals surface area contributed by atoms with Crippen LogP contribution in [0.3, 0.4) is 0 Å². The average Bonchev–Trinajstić information content (AvgIpc) is 2.89. The summed E-state index contributed by atoms with van der Waals surface area (Å²) >= 11 is 1.82. The van der Waals surface area contributed by atoms with Crippen LogP contribution < -0.4 is 5.32 Å². The van der Waals surface area contributed by atoms with E-state index in [1.165, 1.54) is 6.08 Å². The van der Waals surface area contributed by atoms with Gasteiger partial charge in [0, 0.05) is 30.6 Å². The van der Waals surface area contributed by atoms with Crippen molar-refractivity contribution in [2.24, 2.45) is 0 Å². The zero-order valence-corrected chi connectivity index (χ0v) is 12.8. The smallest absolute Gasteiger partial charge is 0.244 e. The topological polar surface area (TPSA) is 51.5 Å². The van der Waals surface area contributed by atoms with Gasteiger partial charge in [-0.05, 0) is 44.2 Å². The van der Waals surface area contributed by atoms with Gasteiger partial charge in [-0.3, -0.25) is 4.79 Å². The monoisotopic (exact) mass is 295 g/mol. The molecule has 0 atom stereocenters. The summed E-state index contributed by atoms with van der Waals surface area (Å²) in [6, 6.07) is 3.73. The van der Waals surface area contributed by atoms with E-state index in [2.05, 4.69) is 11.6 Å². The normalized spacial score (nSPS) is 18.3. The number of aryl methyl sites for hydroxylation is 1. The maximum atomic E-state index is 11.8. The Morgan fingerprint density at radius 1 is 1.45 bits per heavy atom. The first-order chi connectivity index (χ1) is 9.63. The Hall–Kier alpha value is -1.20. The number of amides is 1. The van der Waals surface area contributed by atoms with E-state index in [0.29, 0.717) is 12.3 Å². The van der Waals surface area contributed by atoms with Crippen molar-refractivity contribution in [1.29, 1.82) is 0 Å². The number of thioether (sulfide) groups is 1. The number of rotatable bonds is 5. The first-order valence-electron chi connectivity index (χ1n) is 6.79. The number of ether oxygens (including phenoxy) is 1. The fraction of sp³-hybridized carbons (Fsp3) is 0.533. The maximum absolute atomic E-state index is 11.8. The van der Waals surface area contributed by atoms with Crippen LogP contribution in [0.1, 0.15) is 24.4 Å². The van der Waals surface area contributed by atoms with E-state index in [1.54, 1.807) is 6.08 Å². The quantitative estimate of drug-likeness (QED) is 0.848. The highest BCUT2D eigenvalue weighted by atomic mass is 32.2. The molecular formula is C15H21NO3S. The van der Waals surface area contributed by atoms with Crippen LogP contribution in [0.5, 0.6) is 0 Å². The third-order valence-corrected chi connectivity index (χ3v) is 5.00. The van der Waals surface area contributed by atoms with Crippen molar-refractivity contribution in [2.75, 3.05) is 26.0 Å². The molecule has 2 heterocycles. The number of furan rings is 1. The summed E-state index contributed by atoms with van der Waals surface area (Å²) in [6.07, 6.45) is 7.27. The molecule has 1 aliphatic rings. The predicted molar refractivity (Wildman–Crippen MR) is 81.8 cm³/mol. The van der Waals surface area contributed by atoms with Gasteiger partial charge >= 0.3 is 0 Å². The van der Waals surface area contributed by atoms with Crippen molar-refractivity contribution in [3.05, 3.63) is 29.7 Å². The van der Waals surface area contributed by atoms with Crippen LogP contribution in [0.2, 0.25) is 0 Å². The van der Waals surface area contributed by atoms with E-state index in [4.69, 9.17) is 9.15 Å². The standard InChI is InChI=1S/C15H21NO3S/c1-12-3-4-13(19-12)5-6-14(17)16-11-15(20-2)7-9-18-10-8-15/h3-6H,7-11H2,1-2H3,(H,16,17)/b6-5+. The molecule has 0 aliphatic carbocycles. The molecule has 4 nitrogen and oxygen atoms in total. The van der Waals surface area contributed by atoms with Crippen LogP contribution in [0.15, 0.2) is 22.6 Å². The van der Waals surface area contributed by atoms with E-state index in [1.807, 2.05) is 30.8 Å². The van der Waals surface area contributed by atoms with Gasteiger partial charge < -0.3 is 14.5 Å². The van der Waals surface area contributed by atoms with Crippen molar-refractivity contribution in [3.8, 4) is 0 Å². The van der Waals surface area contributed by atoms with Gasteiger partial charge in [-0.1, -0.05) is 0 Å². The molecule has 1 fully saturated rings. The first kappa shape index (κ1) is 15.2. The lowest BCUT2D eigenvalue weighted by molar-refractivity contribution is -0.116. The highest BCUT2D eigenvalue weighted by molar-refractivity contribution is 8.00. The van der Waals surface area contributed by atoms with Gasteiger partial charge in [0.05, 0.1) is 0 Å². The summed E-state index contributed by atoms with van der Waals surface area (Å²) < 4.78 is 10.9. The molecule has 2 rings (SSSR count). The van der Waals surface area contributed by atoms with Crippen LogP contribution in [0.4, 0.5) is 0 Å². The van der Waals surface area contributed by atoms with Gasteiger partial charge in [-0.25, -0.2) is 0 Å². The Bertz CT molecular complexity index is 475. The zero-order chi connectivity index (χ0) is 14.4. The Labute approximate surface area is 123 Å². The van der Waals surface area contributed by atoms with E-state index in [9.17, 15) is 4.79 Å². The molecule has 1 aromatic rings. The molecule has 0 bridgehead atoms. The molecule has 0 spiro atoms. The lowest BCUT2D eigenvalue weighted by atomic mass is 9.99. The first-order valence-corrected chi connectivity index (χ1v) is 8.01. The molecule has 1 amide bonds. The summed E-state index contributed by atoms with van der Waals surface area (Å²) in [5.41, 5.74) is 0. The van der Waals surface area contributed by atoms with Gasteiger partial charge in [-0.2, -0.15) is 11.8 Å². The number of carbonyl (C=O) groups excluding carboxylic acids is 1. The predicted octanol–water partition coefficient (Wildman–Crippen LogP) is 2.63. The molecule has 1 N–H and O–H groups in total. The number of hydrogen-bond acceptors (Lipinski definition) is 4. The Balaban J connectivity index is 1.83. The van der Waals surface area contributed by atoms with Crippen LogP contribution in [-0.2, 0) is 9.53 Å². The third kappa shape index (κ3) is 4.15. The van der Waals surface area contributed by atoms with Gasteiger partial charge in [0.15, 0.2) is 0 Å². The van der Waals surface area contributed by atoms with Crippen molar-refractivity contribution >= 4 is 23.7 Å². The Morgan fingerprint density at radius 3 is 2.80 bits per heavy atom. The minimum Gasteiger partial charge on any atom is -0.462 e. The average molecular weight is 295 g/mol. The highest BCUT2D eigenvalue weighted by Gasteiger charge is 2.31. The molecule has 1 aromatic heterocycles. The molecule has 1 aliphatic heterocycles. The number of nitrogens with one attached hydrogen (secondary N) is 1. The molecule has 110 valence electrons. The van der Waals surface area contributed by atoms with Crippen LogP contribution in [0.25, 0.3) is 6.08 Å². The molecular weight excluding hydrogens is 274 g/mol. The third-order valence-electron chi connectivity index (χ3n) is 3.58. The second-order valence-electron chi connectivity index (χ2n) is 5.00. The fourth-order valence-electron chi connectivity index (χ4n) is 2.20. The van der Waals surface area contributed by atoms with Gasteiger partial charge in [-0.15, -0.1) is 0 Å². The van der Waals surface area contributed by atoms with Crippen molar-refractivity contribution in [3.63, 3.8) is 0 Å². The Kier molecular flexibility index (Phi) is 5.31. The zero-order valence-electron chi connectivity index (χ0n) is 12.0. The molecule has 0 radical (unpaired) electrons. The van der Waals surface area contributed by atoms with Gasteiger partial charge in [0.25, 0.3) is 0 Å². The van der Waals surface area contributed by atoms with E-state index < -0.39 is 0 Å². The molecule has 1 saturated heterocycles. The second-order valence-corrected chi connectivity index (χ2v) is 6.27. The number of carbonyl (C=O) groups is 1. The SMILES string of the molecule is CSC1(CNC(=O)/C=C/c2ccc(C)o2)CCOCC1. The minimum absolute atomic E-state index is 0.0843.